The van der Waals surface area contributed by atoms with Gasteiger partial charge in [-0.2, -0.15) is 0 Å². The fourth-order valence-corrected chi connectivity index (χ4v) is 2.41. The van der Waals surface area contributed by atoms with Gasteiger partial charge in [0.05, 0.1) is 19.1 Å². The van der Waals surface area contributed by atoms with Gasteiger partial charge in [-0.3, -0.25) is 5.43 Å². The molecule has 1 fully saturated rings. The molecule has 1 aliphatic heterocycles. The Hall–Kier alpha value is -1.92. The van der Waals surface area contributed by atoms with Crippen LogP contribution in [0.4, 0.5) is 4.39 Å². The van der Waals surface area contributed by atoms with Gasteiger partial charge in [0.2, 0.25) is 0 Å². The molecule has 3 rings (SSSR count). The van der Waals surface area contributed by atoms with Crippen LogP contribution in [0.1, 0.15) is 23.3 Å². The third kappa shape index (κ3) is 2.20. The van der Waals surface area contributed by atoms with Crippen LogP contribution < -0.4 is 15.6 Å². The number of hydrazine groups is 1. The number of halogens is 1. The largest absolute Gasteiger partial charge is 0.497 e. The highest BCUT2D eigenvalue weighted by Crippen LogP contribution is 2.33. The van der Waals surface area contributed by atoms with Gasteiger partial charge in [0.1, 0.15) is 17.4 Å². The number of benzene rings is 1. The number of aromatic amines is 1. The number of aromatic nitrogens is 2. The summed E-state index contributed by atoms with van der Waals surface area (Å²) in [5.41, 5.74) is 6.76. The number of ether oxygens (including phenoxy) is 1. The van der Waals surface area contributed by atoms with Crippen molar-refractivity contribution in [1.82, 2.24) is 20.8 Å². The third-order valence-corrected chi connectivity index (χ3v) is 3.40. The molecule has 1 aromatic heterocycles. The normalized spacial score (nSPS) is 22.6. The van der Waals surface area contributed by atoms with Crippen LogP contribution in [-0.2, 0) is 0 Å². The topological polar surface area (TPSA) is 62.0 Å². The zero-order chi connectivity index (χ0) is 13.2. The Balaban J connectivity index is 1.92. The van der Waals surface area contributed by atoms with E-state index in [9.17, 15) is 4.39 Å². The van der Waals surface area contributed by atoms with E-state index in [0.29, 0.717) is 17.9 Å². The average molecular weight is 262 g/mol. The average Bonchev–Trinajstić information content (AvgIpc) is 3.08. The molecular formula is C13H15FN4O. The van der Waals surface area contributed by atoms with E-state index in [4.69, 9.17) is 4.74 Å². The standard InChI is InChI=1S/C13H15FN4O/c1-19-8-2-3-9(11(14)6-8)12-10(7-17-18-12)13-15-4-5-16-13/h2-6,10,12,17-18H,7H2,1H3,(H,15,16). The molecule has 2 heterocycles. The molecule has 1 saturated heterocycles. The zero-order valence-corrected chi connectivity index (χ0v) is 10.5. The Kier molecular flexibility index (Phi) is 3.18. The van der Waals surface area contributed by atoms with Crippen LogP contribution in [0.25, 0.3) is 0 Å². The van der Waals surface area contributed by atoms with Crippen molar-refractivity contribution in [2.75, 3.05) is 13.7 Å². The summed E-state index contributed by atoms with van der Waals surface area (Å²) in [6, 6.07) is 4.75. The molecule has 0 radical (unpaired) electrons. The van der Waals surface area contributed by atoms with Gasteiger partial charge in [0, 0.05) is 30.6 Å². The first-order chi connectivity index (χ1) is 9.29. The highest BCUT2D eigenvalue weighted by molar-refractivity contribution is 5.33. The summed E-state index contributed by atoms with van der Waals surface area (Å²) in [6.45, 7) is 0.698. The first-order valence-electron chi connectivity index (χ1n) is 6.10. The fraction of sp³-hybridized carbons (Fsp3) is 0.308. The number of methoxy groups -OCH3 is 1. The predicted octanol–water partition coefficient (Wildman–Crippen LogP) is 1.49. The summed E-state index contributed by atoms with van der Waals surface area (Å²) in [6.07, 6.45) is 3.48. The molecule has 2 aromatic rings. The van der Waals surface area contributed by atoms with E-state index in [1.165, 1.54) is 13.2 Å². The van der Waals surface area contributed by atoms with E-state index in [1.54, 1.807) is 24.5 Å². The molecule has 6 heteroatoms. The molecule has 0 saturated carbocycles. The van der Waals surface area contributed by atoms with Gasteiger partial charge in [0.15, 0.2) is 0 Å². The van der Waals surface area contributed by atoms with Crippen molar-refractivity contribution >= 4 is 0 Å². The van der Waals surface area contributed by atoms with E-state index in [1.807, 2.05) is 0 Å². The molecule has 3 N–H and O–H groups in total. The van der Waals surface area contributed by atoms with E-state index in [-0.39, 0.29) is 17.8 Å². The Morgan fingerprint density at radius 2 is 2.32 bits per heavy atom. The summed E-state index contributed by atoms with van der Waals surface area (Å²) < 4.78 is 19.1. The highest BCUT2D eigenvalue weighted by atomic mass is 19.1. The summed E-state index contributed by atoms with van der Waals surface area (Å²) in [5, 5.41) is 0. The smallest absolute Gasteiger partial charge is 0.131 e. The molecule has 0 spiro atoms. The first-order valence-corrected chi connectivity index (χ1v) is 6.10. The molecule has 0 aliphatic carbocycles. The van der Waals surface area contributed by atoms with Crippen LogP contribution in [0.2, 0.25) is 0 Å². The lowest BCUT2D eigenvalue weighted by molar-refractivity contribution is 0.409. The molecule has 19 heavy (non-hydrogen) atoms. The summed E-state index contributed by atoms with van der Waals surface area (Å²) in [7, 11) is 1.52. The lowest BCUT2D eigenvalue weighted by Gasteiger charge is -2.18. The van der Waals surface area contributed by atoms with Crippen LogP contribution in [0.15, 0.2) is 30.6 Å². The minimum atomic E-state index is -0.280. The second kappa shape index (κ2) is 4.99. The Bertz CT molecular complexity index is 558. The third-order valence-electron chi connectivity index (χ3n) is 3.40. The number of nitrogens with zero attached hydrogens (tertiary/aromatic N) is 1. The van der Waals surface area contributed by atoms with Crippen molar-refractivity contribution in [3.63, 3.8) is 0 Å². The van der Waals surface area contributed by atoms with Crippen LogP contribution in [0.5, 0.6) is 5.75 Å². The second-order valence-corrected chi connectivity index (χ2v) is 4.47. The quantitative estimate of drug-likeness (QED) is 0.784. The van der Waals surface area contributed by atoms with E-state index in [2.05, 4.69) is 20.8 Å². The van der Waals surface area contributed by atoms with Gasteiger partial charge in [-0.15, -0.1) is 0 Å². The van der Waals surface area contributed by atoms with Crippen LogP contribution in [-0.4, -0.2) is 23.6 Å². The van der Waals surface area contributed by atoms with Gasteiger partial charge >= 0.3 is 0 Å². The van der Waals surface area contributed by atoms with Crippen molar-refractivity contribution in [2.45, 2.75) is 12.0 Å². The molecule has 0 bridgehead atoms. The molecule has 2 unspecified atom stereocenters. The van der Waals surface area contributed by atoms with Crippen molar-refractivity contribution in [3.05, 3.63) is 47.8 Å². The summed E-state index contributed by atoms with van der Waals surface area (Å²) in [4.78, 5) is 7.34. The molecule has 2 atom stereocenters. The fourth-order valence-electron chi connectivity index (χ4n) is 2.41. The van der Waals surface area contributed by atoms with Crippen molar-refractivity contribution in [1.29, 1.82) is 0 Å². The predicted molar refractivity (Wildman–Crippen MR) is 68.2 cm³/mol. The van der Waals surface area contributed by atoms with Crippen LogP contribution in [0, 0.1) is 5.82 Å². The molecule has 0 amide bonds. The number of imidazole rings is 1. The Morgan fingerprint density at radius 3 is 3.00 bits per heavy atom. The minimum absolute atomic E-state index is 0.0675. The van der Waals surface area contributed by atoms with Crippen LogP contribution >= 0.6 is 0 Å². The van der Waals surface area contributed by atoms with E-state index < -0.39 is 0 Å². The van der Waals surface area contributed by atoms with Crippen LogP contribution in [0.3, 0.4) is 0 Å². The highest BCUT2D eigenvalue weighted by Gasteiger charge is 2.33. The number of rotatable bonds is 3. The number of hydrogen-bond acceptors (Lipinski definition) is 4. The molecule has 5 nitrogen and oxygen atoms in total. The van der Waals surface area contributed by atoms with E-state index in [0.717, 1.165) is 5.82 Å². The SMILES string of the molecule is COc1ccc(C2NNCC2c2ncc[nH]2)c(F)c1. The lowest BCUT2D eigenvalue weighted by atomic mass is 9.94. The molecular weight excluding hydrogens is 247 g/mol. The van der Waals surface area contributed by atoms with Gasteiger partial charge < -0.3 is 9.72 Å². The maximum absolute atomic E-state index is 14.1. The number of nitrogens with one attached hydrogen (secondary N) is 3. The van der Waals surface area contributed by atoms with Crippen molar-refractivity contribution in [2.24, 2.45) is 0 Å². The molecule has 1 aromatic carbocycles. The van der Waals surface area contributed by atoms with E-state index >= 15 is 0 Å². The Labute approximate surface area is 110 Å². The zero-order valence-electron chi connectivity index (χ0n) is 10.5. The van der Waals surface area contributed by atoms with Crippen molar-refractivity contribution < 1.29 is 9.13 Å². The van der Waals surface area contributed by atoms with Gasteiger partial charge in [-0.25, -0.2) is 14.8 Å². The summed E-state index contributed by atoms with van der Waals surface area (Å²) in [5.74, 6) is 1.15. The number of H-pyrrole nitrogens is 1. The number of hydrogen-bond donors (Lipinski definition) is 3. The Morgan fingerprint density at radius 1 is 1.42 bits per heavy atom. The second-order valence-electron chi connectivity index (χ2n) is 4.47. The molecule has 100 valence electrons. The molecule has 1 aliphatic rings. The van der Waals surface area contributed by atoms with Gasteiger partial charge in [-0.05, 0) is 6.07 Å². The van der Waals surface area contributed by atoms with Gasteiger partial charge in [0.25, 0.3) is 0 Å². The lowest BCUT2D eigenvalue weighted by Crippen LogP contribution is -2.25. The monoisotopic (exact) mass is 262 g/mol. The summed E-state index contributed by atoms with van der Waals surface area (Å²) >= 11 is 0. The first kappa shape index (κ1) is 12.1. The van der Waals surface area contributed by atoms with Crippen molar-refractivity contribution in [3.8, 4) is 5.75 Å². The maximum Gasteiger partial charge on any atom is 0.131 e. The van der Waals surface area contributed by atoms with Gasteiger partial charge in [-0.1, -0.05) is 6.07 Å². The minimum Gasteiger partial charge on any atom is -0.497 e. The maximum atomic E-state index is 14.1.